The Morgan fingerprint density at radius 3 is 2.53 bits per heavy atom. The Morgan fingerprint density at radius 1 is 1.41 bits per heavy atom. The highest BCUT2D eigenvalue weighted by Gasteiger charge is 2.23. The van der Waals surface area contributed by atoms with Crippen LogP contribution < -0.4 is 5.73 Å². The minimum absolute atomic E-state index is 0.148. The van der Waals surface area contributed by atoms with Crippen LogP contribution in [0.3, 0.4) is 0 Å². The molecule has 0 fully saturated rings. The quantitative estimate of drug-likeness (QED) is 0.866. The fraction of sp³-hybridized carbons (Fsp3) is 0.455. The number of hydrogen-bond acceptors (Lipinski definition) is 3. The van der Waals surface area contributed by atoms with Gasteiger partial charge in [0.05, 0.1) is 5.69 Å². The van der Waals surface area contributed by atoms with Gasteiger partial charge in [-0.15, -0.1) is 0 Å². The lowest BCUT2D eigenvalue weighted by molar-refractivity contribution is 0.417. The Kier molecular flexibility index (Phi) is 4.57. The Morgan fingerprint density at radius 2 is 2.00 bits per heavy atom. The molecular formula is C11H17BrN2O2S. The Bertz CT molecular complexity index is 500. The topological polar surface area (TPSA) is 63.4 Å². The molecule has 0 aliphatic carbocycles. The summed E-state index contributed by atoms with van der Waals surface area (Å²) in [6, 6.07) is 4.83. The maximum atomic E-state index is 12.3. The molecule has 1 rings (SSSR count). The first-order chi connectivity index (χ1) is 7.75. The zero-order valence-electron chi connectivity index (χ0n) is 10.1. The highest BCUT2D eigenvalue weighted by molar-refractivity contribution is 9.10. The van der Waals surface area contributed by atoms with Crippen molar-refractivity contribution in [3.05, 3.63) is 22.7 Å². The first kappa shape index (κ1) is 14.5. The van der Waals surface area contributed by atoms with Gasteiger partial charge in [0.1, 0.15) is 4.90 Å². The molecule has 0 amide bonds. The molecule has 0 aliphatic heterocycles. The van der Waals surface area contributed by atoms with Gasteiger partial charge in [0.2, 0.25) is 10.0 Å². The summed E-state index contributed by atoms with van der Waals surface area (Å²) in [4.78, 5) is 0.148. The summed E-state index contributed by atoms with van der Waals surface area (Å²) in [5.41, 5.74) is 5.98. The third kappa shape index (κ3) is 3.43. The van der Waals surface area contributed by atoms with Crippen LogP contribution >= 0.6 is 15.9 Å². The third-order valence-corrected chi connectivity index (χ3v) is 4.66. The largest absolute Gasteiger partial charge is 0.398 e. The van der Waals surface area contributed by atoms with Gasteiger partial charge in [-0.1, -0.05) is 29.8 Å². The van der Waals surface area contributed by atoms with Gasteiger partial charge in [0.25, 0.3) is 0 Å². The average molecular weight is 321 g/mol. The van der Waals surface area contributed by atoms with Crippen molar-refractivity contribution in [2.75, 3.05) is 19.3 Å². The number of anilines is 1. The van der Waals surface area contributed by atoms with Crippen LogP contribution in [0.25, 0.3) is 0 Å². The summed E-state index contributed by atoms with van der Waals surface area (Å²) in [5, 5.41) is 0. The van der Waals surface area contributed by atoms with Gasteiger partial charge < -0.3 is 5.73 Å². The molecule has 0 aromatic heterocycles. The second-order valence-electron chi connectivity index (χ2n) is 4.36. The van der Waals surface area contributed by atoms with Crippen molar-refractivity contribution in [1.82, 2.24) is 4.31 Å². The average Bonchev–Trinajstić information content (AvgIpc) is 2.20. The molecule has 0 atom stereocenters. The molecule has 0 unspecified atom stereocenters. The van der Waals surface area contributed by atoms with Crippen LogP contribution in [0.5, 0.6) is 0 Å². The van der Waals surface area contributed by atoms with Gasteiger partial charge >= 0.3 is 0 Å². The Balaban J connectivity index is 3.17. The fourth-order valence-corrected chi connectivity index (χ4v) is 3.50. The highest BCUT2D eigenvalue weighted by atomic mass is 79.9. The summed E-state index contributed by atoms with van der Waals surface area (Å²) < 4.78 is 26.6. The SMILES string of the molecule is CC(C)CN(C)S(=O)(=O)c1cc(Br)ccc1N. The van der Waals surface area contributed by atoms with E-state index in [-0.39, 0.29) is 16.5 Å². The lowest BCUT2D eigenvalue weighted by Crippen LogP contribution is -2.30. The van der Waals surface area contributed by atoms with Crippen molar-refractivity contribution in [1.29, 1.82) is 0 Å². The van der Waals surface area contributed by atoms with Crippen molar-refractivity contribution >= 4 is 31.6 Å². The molecular weight excluding hydrogens is 304 g/mol. The van der Waals surface area contributed by atoms with Gasteiger partial charge in [-0.25, -0.2) is 12.7 Å². The van der Waals surface area contributed by atoms with Gasteiger partial charge in [-0.3, -0.25) is 0 Å². The molecule has 96 valence electrons. The van der Waals surface area contributed by atoms with Gasteiger partial charge in [-0.2, -0.15) is 0 Å². The van der Waals surface area contributed by atoms with Crippen LogP contribution in [0.1, 0.15) is 13.8 Å². The lowest BCUT2D eigenvalue weighted by atomic mass is 10.2. The summed E-state index contributed by atoms with van der Waals surface area (Å²) >= 11 is 3.25. The first-order valence-corrected chi connectivity index (χ1v) is 7.50. The van der Waals surface area contributed by atoms with Crippen molar-refractivity contribution in [3.8, 4) is 0 Å². The van der Waals surface area contributed by atoms with E-state index >= 15 is 0 Å². The first-order valence-electron chi connectivity index (χ1n) is 5.26. The van der Waals surface area contributed by atoms with Gasteiger partial charge in [0, 0.05) is 18.1 Å². The van der Waals surface area contributed by atoms with E-state index in [1.807, 2.05) is 13.8 Å². The maximum Gasteiger partial charge on any atom is 0.244 e. The number of hydrogen-bond donors (Lipinski definition) is 1. The van der Waals surface area contributed by atoms with E-state index in [1.54, 1.807) is 19.2 Å². The van der Waals surface area contributed by atoms with Crippen molar-refractivity contribution in [2.45, 2.75) is 18.7 Å². The smallest absolute Gasteiger partial charge is 0.244 e. The molecule has 0 saturated carbocycles. The van der Waals surface area contributed by atoms with Crippen LogP contribution in [0.4, 0.5) is 5.69 Å². The third-order valence-electron chi connectivity index (χ3n) is 2.29. The van der Waals surface area contributed by atoms with E-state index in [0.717, 1.165) is 0 Å². The minimum Gasteiger partial charge on any atom is -0.398 e. The normalized spacial score (nSPS) is 12.4. The summed E-state index contributed by atoms with van der Waals surface area (Å²) in [6.07, 6.45) is 0. The number of nitrogens with two attached hydrogens (primary N) is 1. The standard InChI is InChI=1S/C11H17BrN2O2S/c1-8(2)7-14(3)17(15,16)11-6-9(12)4-5-10(11)13/h4-6,8H,7,13H2,1-3H3. The van der Waals surface area contributed by atoms with Gasteiger partial charge in [0.15, 0.2) is 0 Å². The Hall–Kier alpha value is -0.590. The molecule has 0 saturated heterocycles. The number of nitrogen functional groups attached to an aromatic ring is 1. The molecule has 2 N–H and O–H groups in total. The maximum absolute atomic E-state index is 12.3. The van der Waals surface area contributed by atoms with Crippen LogP contribution in [0.2, 0.25) is 0 Å². The van der Waals surface area contributed by atoms with E-state index in [9.17, 15) is 8.42 Å². The zero-order chi connectivity index (χ0) is 13.2. The molecule has 0 heterocycles. The lowest BCUT2D eigenvalue weighted by Gasteiger charge is -2.20. The second-order valence-corrected chi connectivity index (χ2v) is 7.29. The summed E-state index contributed by atoms with van der Waals surface area (Å²) in [5.74, 6) is 0.267. The van der Waals surface area contributed by atoms with E-state index in [0.29, 0.717) is 11.0 Å². The van der Waals surface area contributed by atoms with E-state index in [2.05, 4.69) is 15.9 Å². The molecule has 0 radical (unpaired) electrons. The monoisotopic (exact) mass is 320 g/mol. The molecule has 17 heavy (non-hydrogen) atoms. The predicted octanol–water partition coefficient (Wildman–Crippen LogP) is 2.31. The van der Waals surface area contributed by atoms with E-state index < -0.39 is 10.0 Å². The number of benzene rings is 1. The van der Waals surface area contributed by atoms with Crippen LogP contribution in [-0.2, 0) is 10.0 Å². The van der Waals surface area contributed by atoms with Crippen molar-refractivity contribution in [3.63, 3.8) is 0 Å². The molecule has 0 aliphatic rings. The van der Waals surface area contributed by atoms with Crippen LogP contribution in [0.15, 0.2) is 27.6 Å². The molecule has 6 heteroatoms. The number of halogens is 1. The second kappa shape index (κ2) is 5.37. The molecule has 0 spiro atoms. The van der Waals surface area contributed by atoms with Crippen LogP contribution in [0, 0.1) is 5.92 Å². The van der Waals surface area contributed by atoms with E-state index in [4.69, 9.17) is 5.73 Å². The molecule has 1 aromatic carbocycles. The Labute approximate surface area is 111 Å². The fourth-order valence-electron chi connectivity index (χ4n) is 1.51. The zero-order valence-corrected chi connectivity index (χ0v) is 12.5. The molecule has 0 bridgehead atoms. The van der Waals surface area contributed by atoms with E-state index in [1.165, 1.54) is 10.4 Å². The number of sulfonamides is 1. The molecule has 1 aromatic rings. The van der Waals surface area contributed by atoms with Crippen molar-refractivity contribution < 1.29 is 8.42 Å². The molecule has 4 nitrogen and oxygen atoms in total. The summed E-state index contributed by atoms with van der Waals surface area (Å²) in [7, 11) is -1.94. The summed E-state index contributed by atoms with van der Waals surface area (Å²) in [6.45, 7) is 4.40. The predicted molar refractivity (Wildman–Crippen MR) is 73.2 cm³/mol. The number of rotatable bonds is 4. The highest BCUT2D eigenvalue weighted by Crippen LogP contribution is 2.25. The minimum atomic E-state index is -3.51. The van der Waals surface area contributed by atoms with Gasteiger partial charge in [-0.05, 0) is 24.1 Å². The number of nitrogens with zero attached hydrogens (tertiary/aromatic N) is 1. The van der Waals surface area contributed by atoms with Crippen LogP contribution in [-0.4, -0.2) is 26.3 Å². The van der Waals surface area contributed by atoms with Crippen molar-refractivity contribution in [2.24, 2.45) is 5.92 Å².